The van der Waals surface area contributed by atoms with Crippen LogP contribution in [0.2, 0.25) is 0 Å². The minimum atomic E-state index is -1.06. The van der Waals surface area contributed by atoms with E-state index in [1.54, 1.807) is 0 Å². The number of hydrogen-bond acceptors (Lipinski definition) is 4. The monoisotopic (exact) mass is 383 g/mol. The van der Waals surface area contributed by atoms with Crippen LogP contribution in [0.5, 0.6) is 0 Å². The van der Waals surface area contributed by atoms with Crippen molar-refractivity contribution < 1.29 is 9.90 Å². The van der Waals surface area contributed by atoms with Crippen LogP contribution in [0.1, 0.15) is 60.6 Å². The fourth-order valence-electron chi connectivity index (χ4n) is 3.73. The molecular formula is C22H23O2S2-. The molecule has 0 spiro atoms. The number of rotatable bonds is 2. The summed E-state index contributed by atoms with van der Waals surface area (Å²) >= 11 is 3.37. The lowest BCUT2D eigenvalue weighted by Crippen LogP contribution is -2.33. The second-order valence-corrected chi connectivity index (χ2v) is 11.1. The zero-order valence-corrected chi connectivity index (χ0v) is 17.5. The van der Waals surface area contributed by atoms with Crippen molar-refractivity contribution in [3.63, 3.8) is 0 Å². The zero-order chi connectivity index (χ0) is 19.1. The maximum absolute atomic E-state index is 10.7. The second-order valence-electron chi connectivity index (χ2n) is 8.15. The Labute approximate surface area is 164 Å². The van der Waals surface area contributed by atoms with Crippen LogP contribution in [-0.2, 0) is 16.6 Å². The Morgan fingerprint density at radius 1 is 1.19 bits per heavy atom. The topological polar surface area (TPSA) is 40.1 Å². The summed E-state index contributed by atoms with van der Waals surface area (Å²) in [5, 5.41) is 10.7. The molecule has 2 heterocycles. The number of carbonyl (C=O) groups is 1. The number of thiophene rings is 1. The lowest BCUT2D eigenvalue weighted by molar-refractivity contribution is -0.304. The summed E-state index contributed by atoms with van der Waals surface area (Å²) in [6.07, 6.45) is 1.08. The van der Waals surface area contributed by atoms with Gasteiger partial charge in [-0.1, -0.05) is 39.5 Å². The smallest absolute Gasteiger partial charge is 0.0775 e. The molecule has 1 aliphatic rings. The van der Waals surface area contributed by atoms with Gasteiger partial charge in [0.1, 0.15) is 0 Å². The van der Waals surface area contributed by atoms with Gasteiger partial charge in [-0.3, -0.25) is 0 Å². The van der Waals surface area contributed by atoms with E-state index in [0.29, 0.717) is 0 Å². The number of thioether (sulfide) groups is 1. The van der Waals surface area contributed by atoms with Gasteiger partial charge in [-0.15, -0.1) is 23.1 Å². The van der Waals surface area contributed by atoms with Crippen LogP contribution < -0.4 is 5.11 Å². The Morgan fingerprint density at radius 3 is 2.62 bits per heavy atom. The van der Waals surface area contributed by atoms with Crippen molar-refractivity contribution >= 4 is 29.1 Å². The molecule has 136 valence electrons. The molecule has 2 nitrogen and oxygen atoms in total. The van der Waals surface area contributed by atoms with Crippen LogP contribution in [0.25, 0.3) is 0 Å². The Kier molecular flexibility index (Phi) is 4.98. The molecule has 0 atom stereocenters. The Hall–Kier alpha value is -1.70. The number of aliphatic carboxylic acids is 1. The molecule has 1 aromatic carbocycles. The van der Waals surface area contributed by atoms with Gasteiger partial charge in [0.15, 0.2) is 0 Å². The number of carboxylic acid groups (broad SMARTS) is 1. The third kappa shape index (κ3) is 4.16. The maximum Gasteiger partial charge on any atom is 0.0775 e. The van der Waals surface area contributed by atoms with E-state index >= 15 is 0 Å². The molecule has 4 heteroatoms. The highest BCUT2D eigenvalue weighted by Crippen LogP contribution is 2.51. The molecule has 3 rings (SSSR count). The van der Waals surface area contributed by atoms with Gasteiger partial charge in [0.25, 0.3) is 0 Å². The van der Waals surface area contributed by atoms with Crippen LogP contribution >= 0.6 is 23.1 Å². The molecular weight excluding hydrogens is 360 g/mol. The summed E-state index contributed by atoms with van der Waals surface area (Å²) in [6, 6.07) is 8.20. The molecule has 0 amide bonds. The molecule has 0 fully saturated rings. The number of carboxylic acids is 1. The first-order valence-electron chi connectivity index (χ1n) is 8.70. The number of benzene rings is 1. The van der Waals surface area contributed by atoms with Crippen molar-refractivity contribution in [3.05, 3.63) is 50.7 Å². The summed E-state index contributed by atoms with van der Waals surface area (Å²) in [5.41, 5.74) is 3.73. The van der Waals surface area contributed by atoms with E-state index in [1.165, 1.54) is 27.4 Å². The van der Waals surface area contributed by atoms with Crippen LogP contribution in [0.4, 0.5) is 0 Å². The molecule has 26 heavy (non-hydrogen) atoms. The summed E-state index contributed by atoms with van der Waals surface area (Å²) in [6.45, 7) is 11.4. The maximum atomic E-state index is 10.7. The van der Waals surface area contributed by atoms with E-state index in [0.717, 1.165) is 21.7 Å². The standard InChI is InChI=1S/C22H24O2S2/c1-14-10-19-18(21(2,3)13-22(4,5)26-19)11-15(14)6-7-16-8-9-17(25-16)12-20(23)24/h8-11H,12-13H2,1-5H3,(H,23,24)/p-1. The van der Waals surface area contributed by atoms with E-state index < -0.39 is 5.97 Å². The van der Waals surface area contributed by atoms with E-state index in [4.69, 9.17) is 0 Å². The quantitative estimate of drug-likeness (QED) is 0.726. The van der Waals surface area contributed by atoms with Crippen LogP contribution in [-0.4, -0.2) is 10.7 Å². The first kappa shape index (κ1) is 19.1. The second kappa shape index (κ2) is 6.79. The van der Waals surface area contributed by atoms with Crippen molar-refractivity contribution in [2.45, 2.75) is 62.5 Å². The normalized spacial score (nSPS) is 17.1. The molecule has 2 aromatic rings. The van der Waals surface area contributed by atoms with Crippen LogP contribution in [0.3, 0.4) is 0 Å². The summed E-state index contributed by atoms with van der Waals surface area (Å²) < 4.78 is 0.239. The molecule has 0 saturated heterocycles. The fraction of sp³-hybridized carbons (Fsp3) is 0.409. The highest BCUT2D eigenvalue weighted by molar-refractivity contribution is 8.00. The molecule has 0 unspecified atom stereocenters. The minimum Gasteiger partial charge on any atom is -0.550 e. The van der Waals surface area contributed by atoms with Gasteiger partial charge in [0.2, 0.25) is 0 Å². The average molecular weight is 384 g/mol. The van der Waals surface area contributed by atoms with Crippen molar-refractivity contribution in [1.29, 1.82) is 0 Å². The number of hydrogen-bond donors (Lipinski definition) is 0. The molecule has 1 aliphatic heterocycles. The van der Waals surface area contributed by atoms with Crippen molar-refractivity contribution in [2.24, 2.45) is 0 Å². The zero-order valence-electron chi connectivity index (χ0n) is 15.9. The van der Waals surface area contributed by atoms with Gasteiger partial charge < -0.3 is 9.90 Å². The van der Waals surface area contributed by atoms with Crippen molar-refractivity contribution in [1.82, 2.24) is 0 Å². The average Bonchev–Trinajstić information content (AvgIpc) is 2.90. The molecule has 1 aromatic heterocycles. The predicted molar refractivity (Wildman–Crippen MR) is 108 cm³/mol. The molecule has 0 bridgehead atoms. The first-order chi connectivity index (χ1) is 12.1. The lowest BCUT2D eigenvalue weighted by atomic mass is 9.76. The Balaban J connectivity index is 1.94. The minimum absolute atomic E-state index is 0.0502. The third-order valence-electron chi connectivity index (χ3n) is 4.61. The number of fused-ring (bicyclic) bond motifs is 1. The van der Waals surface area contributed by atoms with Crippen molar-refractivity contribution in [2.75, 3.05) is 0 Å². The SMILES string of the molecule is Cc1cc2c(cc1C#Cc1ccc(CC(=O)[O-])s1)C(C)(C)CC(C)(C)S2. The third-order valence-corrected chi connectivity index (χ3v) is 6.87. The molecule has 0 aliphatic carbocycles. The van der Waals surface area contributed by atoms with E-state index in [2.05, 4.69) is 58.6 Å². The summed E-state index contributed by atoms with van der Waals surface area (Å²) in [4.78, 5) is 13.7. The van der Waals surface area contributed by atoms with Gasteiger partial charge in [0.05, 0.1) is 4.88 Å². The molecule has 0 saturated carbocycles. The number of aryl methyl sites for hydroxylation is 1. The molecule has 0 N–H and O–H groups in total. The first-order valence-corrected chi connectivity index (χ1v) is 10.3. The largest absolute Gasteiger partial charge is 0.550 e. The van der Waals surface area contributed by atoms with Gasteiger partial charge in [-0.05, 0) is 54.2 Å². The highest BCUT2D eigenvalue weighted by atomic mass is 32.2. The molecule has 0 radical (unpaired) electrons. The van der Waals surface area contributed by atoms with Gasteiger partial charge in [0, 0.05) is 32.5 Å². The summed E-state index contributed by atoms with van der Waals surface area (Å²) in [5.74, 6) is 5.43. The Bertz CT molecular complexity index is 923. The van der Waals surface area contributed by atoms with Gasteiger partial charge in [-0.2, -0.15) is 0 Å². The predicted octanol–water partition coefficient (Wildman–Crippen LogP) is 4.30. The van der Waals surface area contributed by atoms with E-state index in [1.807, 2.05) is 23.9 Å². The van der Waals surface area contributed by atoms with E-state index in [-0.39, 0.29) is 16.6 Å². The summed E-state index contributed by atoms with van der Waals surface area (Å²) in [7, 11) is 0. The van der Waals surface area contributed by atoms with Gasteiger partial charge in [-0.25, -0.2) is 0 Å². The lowest BCUT2D eigenvalue weighted by Gasteiger charge is -2.42. The highest BCUT2D eigenvalue weighted by Gasteiger charge is 2.38. The van der Waals surface area contributed by atoms with Crippen LogP contribution in [0.15, 0.2) is 29.2 Å². The number of carbonyl (C=O) groups excluding carboxylic acids is 1. The van der Waals surface area contributed by atoms with Crippen LogP contribution in [0, 0.1) is 18.8 Å². The van der Waals surface area contributed by atoms with Gasteiger partial charge >= 0.3 is 0 Å². The van der Waals surface area contributed by atoms with E-state index in [9.17, 15) is 9.90 Å². The Morgan fingerprint density at radius 2 is 1.92 bits per heavy atom. The van der Waals surface area contributed by atoms with Crippen molar-refractivity contribution in [3.8, 4) is 11.8 Å². The fourth-order valence-corrected chi connectivity index (χ4v) is 6.29.